The number of rotatable bonds is 4. The monoisotopic (exact) mass is 680 g/mol. The molecule has 8 aromatic carbocycles. The molecule has 0 aliphatic heterocycles. The maximum atomic E-state index is 9.23. The van der Waals surface area contributed by atoms with Crippen molar-refractivity contribution >= 4 is 17.1 Å². The minimum absolute atomic E-state index is 0.104. The molecular formula is C52H37N. The van der Waals surface area contributed by atoms with Crippen molar-refractivity contribution in [2.75, 3.05) is 4.90 Å². The van der Waals surface area contributed by atoms with Crippen molar-refractivity contribution in [3.63, 3.8) is 0 Å². The largest absolute Gasteiger partial charge is 0.310 e. The molecule has 1 spiro atoms. The third-order valence-electron chi connectivity index (χ3n) is 12.0. The summed E-state index contributed by atoms with van der Waals surface area (Å²) in [6.45, 7) is 4.57. The van der Waals surface area contributed by atoms with Gasteiger partial charge in [-0.05, 0) is 114 Å². The van der Waals surface area contributed by atoms with Crippen molar-refractivity contribution in [2.24, 2.45) is 0 Å². The molecule has 0 amide bonds. The molecule has 0 saturated carbocycles. The predicted molar refractivity (Wildman–Crippen MR) is 220 cm³/mol. The average Bonchev–Trinajstić information content (AvgIpc) is 3.82. The number of hydrogen-bond acceptors (Lipinski definition) is 1. The van der Waals surface area contributed by atoms with Crippen molar-refractivity contribution in [1.29, 1.82) is 0 Å². The zero-order valence-electron chi connectivity index (χ0n) is 34.5. The summed E-state index contributed by atoms with van der Waals surface area (Å²) in [6.07, 6.45) is 0. The fourth-order valence-corrected chi connectivity index (χ4v) is 9.86. The Morgan fingerprint density at radius 1 is 0.396 bits per heavy atom. The van der Waals surface area contributed by atoms with E-state index in [4.69, 9.17) is 4.11 Å². The van der Waals surface area contributed by atoms with E-state index in [0.717, 1.165) is 27.8 Å². The molecule has 3 aliphatic rings. The molecule has 0 aromatic heterocycles. The highest BCUT2D eigenvalue weighted by atomic mass is 15.1. The van der Waals surface area contributed by atoms with Crippen LogP contribution in [0.5, 0.6) is 0 Å². The van der Waals surface area contributed by atoms with Crippen molar-refractivity contribution < 1.29 is 6.85 Å². The highest BCUT2D eigenvalue weighted by Gasteiger charge is 2.51. The highest BCUT2D eigenvalue weighted by Crippen LogP contribution is 2.63. The van der Waals surface area contributed by atoms with Gasteiger partial charge >= 0.3 is 0 Å². The average molecular weight is 681 g/mol. The number of nitrogens with zero attached hydrogens (tertiary/aromatic N) is 1. The normalized spacial score (nSPS) is 15.8. The van der Waals surface area contributed by atoms with Crippen LogP contribution in [0.25, 0.3) is 44.5 Å². The van der Waals surface area contributed by atoms with E-state index in [-0.39, 0.29) is 35.3 Å². The Bertz CT molecular complexity index is 2960. The van der Waals surface area contributed by atoms with E-state index in [9.17, 15) is 2.74 Å². The van der Waals surface area contributed by atoms with Crippen LogP contribution in [-0.4, -0.2) is 0 Å². The van der Waals surface area contributed by atoms with Crippen LogP contribution in [0.15, 0.2) is 188 Å². The highest BCUT2D eigenvalue weighted by molar-refractivity contribution is 5.96. The Morgan fingerprint density at radius 3 is 1.47 bits per heavy atom. The summed E-state index contributed by atoms with van der Waals surface area (Å²) in [5.41, 5.74) is 17.4. The lowest BCUT2D eigenvalue weighted by atomic mass is 9.70. The third kappa shape index (κ3) is 4.02. The quantitative estimate of drug-likeness (QED) is 0.179. The molecule has 1 nitrogen and oxygen atoms in total. The molecule has 0 heterocycles. The lowest BCUT2D eigenvalue weighted by Crippen LogP contribution is -2.26. The summed E-state index contributed by atoms with van der Waals surface area (Å²) in [5, 5.41) is 0. The minimum Gasteiger partial charge on any atom is -0.310 e. The Hall–Kier alpha value is -6.44. The lowest BCUT2D eigenvalue weighted by Gasteiger charge is -2.32. The first kappa shape index (κ1) is 25.5. The van der Waals surface area contributed by atoms with Gasteiger partial charge in [-0.25, -0.2) is 0 Å². The van der Waals surface area contributed by atoms with Gasteiger partial charge in [0.1, 0.15) is 0 Å². The number of anilines is 3. The van der Waals surface area contributed by atoms with Crippen LogP contribution in [0.1, 0.15) is 54.1 Å². The van der Waals surface area contributed by atoms with Gasteiger partial charge in [0, 0.05) is 22.5 Å². The van der Waals surface area contributed by atoms with E-state index < -0.39 is 11.5 Å². The second-order valence-corrected chi connectivity index (χ2v) is 14.9. The first-order valence-electron chi connectivity index (χ1n) is 20.8. The van der Waals surface area contributed by atoms with E-state index >= 15 is 0 Å². The molecular weight excluding hydrogens is 639 g/mol. The lowest BCUT2D eigenvalue weighted by molar-refractivity contribution is 0.662. The summed E-state index contributed by atoms with van der Waals surface area (Å²) in [5.74, 6) is 0. The van der Waals surface area contributed by atoms with Gasteiger partial charge in [-0.15, -0.1) is 0 Å². The Kier molecular flexibility index (Phi) is 5.31. The van der Waals surface area contributed by atoms with Gasteiger partial charge in [-0.2, -0.15) is 0 Å². The third-order valence-corrected chi connectivity index (χ3v) is 12.0. The fourth-order valence-electron chi connectivity index (χ4n) is 9.86. The van der Waals surface area contributed by atoms with E-state index in [2.05, 4.69) is 153 Å². The maximum Gasteiger partial charge on any atom is 0.0726 e. The van der Waals surface area contributed by atoms with Crippen LogP contribution in [0.4, 0.5) is 17.1 Å². The van der Waals surface area contributed by atoms with Crippen LogP contribution in [0.2, 0.25) is 0 Å². The molecule has 8 aromatic rings. The zero-order valence-corrected chi connectivity index (χ0v) is 29.5. The summed E-state index contributed by atoms with van der Waals surface area (Å²) in [7, 11) is 0. The molecule has 53 heavy (non-hydrogen) atoms. The second kappa shape index (κ2) is 11.0. The van der Waals surface area contributed by atoms with Gasteiger partial charge in [-0.1, -0.05) is 165 Å². The van der Waals surface area contributed by atoms with Crippen LogP contribution in [0, 0.1) is 0 Å². The van der Waals surface area contributed by atoms with Gasteiger partial charge in [-0.3, -0.25) is 0 Å². The number of hydrogen-bond donors (Lipinski definition) is 0. The fraction of sp³-hybridized carbons (Fsp3) is 0.0769. The molecule has 0 fully saturated rings. The predicted octanol–water partition coefficient (Wildman–Crippen LogP) is 13.5. The second-order valence-electron chi connectivity index (χ2n) is 14.9. The van der Waals surface area contributed by atoms with Crippen LogP contribution < -0.4 is 4.90 Å². The molecule has 1 heteroatoms. The number of fused-ring (bicyclic) bond motifs is 13. The van der Waals surface area contributed by atoms with Crippen LogP contribution >= 0.6 is 0 Å². The molecule has 11 rings (SSSR count). The van der Waals surface area contributed by atoms with E-state index in [0.29, 0.717) is 11.4 Å². The van der Waals surface area contributed by atoms with Crippen LogP contribution in [-0.2, 0) is 10.8 Å². The summed E-state index contributed by atoms with van der Waals surface area (Å²) in [6, 6.07) is 54.0. The SMILES string of the molecule is [2H]c1c([2H])c([2H])c(N(c2ccc(-c3cccc4c3C(C)(C)c3ccccc3-4)cc2)c2ccc3c(c2)C2(c4ccccc4-c4ccccc42)c2ccccc2-3)c([2H])c1[2H]. The molecule has 0 bridgehead atoms. The van der Waals surface area contributed by atoms with Gasteiger partial charge < -0.3 is 4.90 Å². The van der Waals surface area contributed by atoms with Gasteiger partial charge in [0.05, 0.1) is 12.3 Å². The first-order valence-corrected chi connectivity index (χ1v) is 18.3. The smallest absolute Gasteiger partial charge is 0.0726 e. The number of para-hydroxylation sites is 1. The summed E-state index contributed by atoms with van der Waals surface area (Å²) in [4.78, 5) is 1.85. The number of benzene rings is 8. The standard InChI is InChI=1S/C52H37N/c1-51(2)45-23-10-6-20-42(45)44-22-14-21-38(50(44)51)34-27-29-36(30-28-34)53(35-15-4-3-5-16-35)37-31-32-43-41-19-9-13-26-48(41)52(49(43)33-37)46-24-11-7-17-39(46)40-18-8-12-25-47(40)52/h3-33H,1-2H3/i3D,4D,5D,15D,16D. The van der Waals surface area contributed by atoms with Crippen molar-refractivity contribution in [3.8, 4) is 44.5 Å². The molecule has 0 radical (unpaired) electrons. The van der Waals surface area contributed by atoms with Gasteiger partial charge in [0.15, 0.2) is 0 Å². The molecule has 0 atom stereocenters. The van der Waals surface area contributed by atoms with Gasteiger partial charge in [0.2, 0.25) is 0 Å². The summed E-state index contributed by atoms with van der Waals surface area (Å²) >= 11 is 0. The Labute approximate surface area is 318 Å². The van der Waals surface area contributed by atoms with Crippen molar-refractivity contribution in [2.45, 2.75) is 24.7 Å². The summed E-state index contributed by atoms with van der Waals surface area (Å²) < 4.78 is 44.4. The molecule has 0 saturated heterocycles. The molecule has 3 aliphatic carbocycles. The molecule has 0 N–H and O–H groups in total. The topological polar surface area (TPSA) is 3.24 Å². The zero-order chi connectivity index (χ0) is 39.7. The van der Waals surface area contributed by atoms with E-state index in [1.807, 2.05) is 23.1 Å². The Morgan fingerprint density at radius 2 is 0.868 bits per heavy atom. The Balaban J connectivity index is 1.14. The van der Waals surface area contributed by atoms with Gasteiger partial charge in [0.25, 0.3) is 0 Å². The van der Waals surface area contributed by atoms with E-state index in [1.54, 1.807) is 0 Å². The molecule has 250 valence electrons. The van der Waals surface area contributed by atoms with Crippen molar-refractivity contribution in [3.05, 3.63) is 221 Å². The van der Waals surface area contributed by atoms with Crippen LogP contribution in [0.3, 0.4) is 0 Å². The minimum atomic E-state index is -0.609. The molecule has 0 unspecified atom stereocenters. The van der Waals surface area contributed by atoms with E-state index in [1.165, 1.54) is 50.1 Å². The first-order chi connectivity index (χ1) is 28.1. The maximum absolute atomic E-state index is 9.23. The van der Waals surface area contributed by atoms with Crippen molar-refractivity contribution in [1.82, 2.24) is 0 Å².